The number of anilines is 1. The Labute approximate surface area is 163 Å². The van der Waals surface area contributed by atoms with Crippen LogP contribution in [0.15, 0.2) is 12.1 Å². The summed E-state index contributed by atoms with van der Waals surface area (Å²) in [5.74, 6) is 0.660. The molecule has 10 nitrogen and oxygen atoms in total. The van der Waals surface area contributed by atoms with Crippen molar-refractivity contribution in [3.05, 3.63) is 18.0 Å². The van der Waals surface area contributed by atoms with Gasteiger partial charge in [-0.1, -0.05) is 13.8 Å². The molecule has 1 atom stereocenters. The van der Waals surface area contributed by atoms with Gasteiger partial charge < -0.3 is 19.7 Å². The van der Waals surface area contributed by atoms with E-state index in [1.165, 1.54) is 7.11 Å². The van der Waals surface area contributed by atoms with Crippen LogP contribution < -0.4 is 10.2 Å². The zero-order chi connectivity index (χ0) is 20.1. The molecule has 1 fully saturated rings. The number of rotatable bonds is 7. The van der Waals surface area contributed by atoms with Crippen molar-refractivity contribution >= 4 is 23.3 Å². The van der Waals surface area contributed by atoms with E-state index >= 15 is 0 Å². The van der Waals surface area contributed by atoms with Gasteiger partial charge in [0.05, 0.1) is 20.3 Å². The fourth-order valence-corrected chi connectivity index (χ4v) is 3.04. The first-order valence-electron chi connectivity index (χ1n) is 9.41. The lowest BCUT2D eigenvalue weighted by Gasteiger charge is -2.27. The lowest BCUT2D eigenvalue weighted by Crippen LogP contribution is -2.45. The molecule has 28 heavy (non-hydrogen) atoms. The number of methoxy groups -OCH3 is 1. The molecule has 0 aromatic carbocycles. The summed E-state index contributed by atoms with van der Waals surface area (Å²) >= 11 is 0. The maximum Gasteiger partial charge on any atom is 0.328 e. The van der Waals surface area contributed by atoms with Gasteiger partial charge >= 0.3 is 5.97 Å². The van der Waals surface area contributed by atoms with Gasteiger partial charge in [-0.3, -0.25) is 4.79 Å². The monoisotopic (exact) mass is 390 g/mol. The number of aromatic nitrogens is 4. The fourth-order valence-electron chi connectivity index (χ4n) is 3.04. The molecule has 0 bridgehead atoms. The normalized spacial score (nSPS) is 15.6. The first-order chi connectivity index (χ1) is 13.5. The van der Waals surface area contributed by atoms with E-state index in [0.717, 1.165) is 18.9 Å². The summed E-state index contributed by atoms with van der Waals surface area (Å²) in [6, 6.07) is 3.11. The van der Waals surface area contributed by atoms with Crippen molar-refractivity contribution in [3.63, 3.8) is 0 Å². The molecule has 1 N–H and O–H groups in total. The van der Waals surface area contributed by atoms with E-state index in [0.29, 0.717) is 31.1 Å². The van der Waals surface area contributed by atoms with Gasteiger partial charge in [0.2, 0.25) is 5.91 Å². The Morgan fingerprint density at radius 3 is 2.68 bits per heavy atom. The lowest BCUT2D eigenvalue weighted by atomic mass is 10.0. The highest BCUT2D eigenvalue weighted by molar-refractivity contribution is 5.84. The molecule has 3 rings (SSSR count). The van der Waals surface area contributed by atoms with Crippen molar-refractivity contribution in [2.75, 3.05) is 38.3 Å². The summed E-state index contributed by atoms with van der Waals surface area (Å²) in [6.07, 6.45) is 0.531. The first-order valence-corrected chi connectivity index (χ1v) is 9.41. The summed E-state index contributed by atoms with van der Waals surface area (Å²) in [6.45, 7) is 6.61. The molecule has 1 aliphatic heterocycles. The minimum Gasteiger partial charge on any atom is -0.467 e. The molecule has 3 heterocycles. The van der Waals surface area contributed by atoms with E-state index in [2.05, 4.69) is 25.5 Å². The summed E-state index contributed by atoms with van der Waals surface area (Å²) in [5, 5.41) is 15.6. The quantitative estimate of drug-likeness (QED) is 0.668. The Balaban J connectivity index is 1.66. The summed E-state index contributed by atoms with van der Waals surface area (Å²) in [7, 11) is 1.31. The van der Waals surface area contributed by atoms with E-state index in [1.54, 1.807) is 4.52 Å². The number of amides is 1. The predicted octanol–water partition coefficient (Wildman–Crippen LogP) is 0.207. The molecule has 0 spiro atoms. The average Bonchev–Trinajstić information content (AvgIpc) is 3.12. The SMILES string of the molecule is COC(=O)[C@@H](NC(=O)CCc1nnc2ccc(N3CCOCC3)nn12)C(C)C. The number of esters is 1. The highest BCUT2D eigenvalue weighted by Crippen LogP contribution is 2.14. The number of fused-ring (bicyclic) bond motifs is 1. The van der Waals surface area contributed by atoms with Crippen LogP contribution in [0, 0.1) is 5.92 Å². The van der Waals surface area contributed by atoms with Crippen LogP contribution in [0.3, 0.4) is 0 Å². The molecule has 10 heteroatoms. The van der Waals surface area contributed by atoms with Gasteiger partial charge in [-0.15, -0.1) is 15.3 Å². The molecule has 0 aliphatic carbocycles. The Morgan fingerprint density at radius 2 is 2.00 bits per heavy atom. The molecule has 0 unspecified atom stereocenters. The molecular formula is C18H26N6O4. The van der Waals surface area contributed by atoms with Gasteiger partial charge in [0.15, 0.2) is 11.5 Å². The first kappa shape index (κ1) is 20.0. The number of aryl methyl sites for hydroxylation is 1. The maximum absolute atomic E-state index is 12.3. The number of hydrogen-bond donors (Lipinski definition) is 1. The zero-order valence-electron chi connectivity index (χ0n) is 16.4. The number of nitrogens with zero attached hydrogens (tertiary/aromatic N) is 5. The third kappa shape index (κ3) is 4.56. The van der Waals surface area contributed by atoms with Crippen molar-refractivity contribution < 1.29 is 19.1 Å². The number of ether oxygens (including phenoxy) is 2. The predicted molar refractivity (Wildman–Crippen MR) is 101 cm³/mol. The van der Waals surface area contributed by atoms with E-state index in [1.807, 2.05) is 26.0 Å². The average molecular weight is 390 g/mol. The van der Waals surface area contributed by atoms with Gasteiger partial charge in [0, 0.05) is 25.9 Å². The van der Waals surface area contributed by atoms with E-state index in [9.17, 15) is 9.59 Å². The van der Waals surface area contributed by atoms with Crippen molar-refractivity contribution in [1.29, 1.82) is 0 Å². The van der Waals surface area contributed by atoms with Crippen LogP contribution in [-0.2, 0) is 25.5 Å². The van der Waals surface area contributed by atoms with Crippen LogP contribution >= 0.6 is 0 Å². The highest BCUT2D eigenvalue weighted by Gasteiger charge is 2.25. The molecule has 1 amide bonds. The van der Waals surface area contributed by atoms with Crippen LogP contribution in [0.4, 0.5) is 5.82 Å². The number of carbonyl (C=O) groups excluding carboxylic acids is 2. The van der Waals surface area contributed by atoms with Crippen LogP contribution in [-0.4, -0.2) is 71.1 Å². The van der Waals surface area contributed by atoms with Gasteiger partial charge in [-0.2, -0.15) is 4.52 Å². The summed E-state index contributed by atoms with van der Waals surface area (Å²) in [5.41, 5.74) is 0.627. The zero-order valence-corrected chi connectivity index (χ0v) is 16.4. The second-order valence-electron chi connectivity index (χ2n) is 6.99. The van der Waals surface area contributed by atoms with Gasteiger partial charge in [0.1, 0.15) is 11.9 Å². The Bertz CT molecular complexity index is 831. The van der Waals surface area contributed by atoms with Crippen LogP contribution in [0.25, 0.3) is 5.65 Å². The van der Waals surface area contributed by atoms with Crippen LogP contribution in [0.2, 0.25) is 0 Å². The largest absolute Gasteiger partial charge is 0.467 e. The Kier molecular flexibility index (Phi) is 6.40. The van der Waals surface area contributed by atoms with Crippen LogP contribution in [0.1, 0.15) is 26.1 Å². The number of hydrogen-bond acceptors (Lipinski definition) is 8. The molecule has 1 saturated heterocycles. The number of nitrogens with one attached hydrogen (secondary N) is 1. The maximum atomic E-state index is 12.3. The van der Waals surface area contributed by atoms with Crippen molar-refractivity contribution in [2.24, 2.45) is 5.92 Å². The van der Waals surface area contributed by atoms with Gasteiger partial charge in [0.25, 0.3) is 0 Å². The smallest absolute Gasteiger partial charge is 0.328 e. The molecule has 1 aliphatic rings. The standard InChI is InChI=1S/C18H26N6O4/c1-12(2)17(18(26)27-3)19-16(25)7-6-14-21-20-13-4-5-15(22-24(13)14)23-8-10-28-11-9-23/h4-5,12,17H,6-11H2,1-3H3,(H,19,25)/t17-/m0/s1. The van der Waals surface area contributed by atoms with Crippen molar-refractivity contribution in [1.82, 2.24) is 25.1 Å². The van der Waals surface area contributed by atoms with E-state index in [-0.39, 0.29) is 18.2 Å². The third-order valence-electron chi connectivity index (χ3n) is 4.66. The van der Waals surface area contributed by atoms with Crippen LogP contribution in [0.5, 0.6) is 0 Å². The Morgan fingerprint density at radius 1 is 1.25 bits per heavy atom. The molecule has 152 valence electrons. The van der Waals surface area contributed by atoms with Crippen molar-refractivity contribution in [3.8, 4) is 0 Å². The molecule has 2 aromatic heterocycles. The summed E-state index contributed by atoms with van der Waals surface area (Å²) in [4.78, 5) is 26.2. The molecule has 0 radical (unpaired) electrons. The van der Waals surface area contributed by atoms with Gasteiger partial charge in [-0.25, -0.2) is 4.79 Å². The topological polar surface area (TPSA) is 111 Å². The highest BCUT2D eigenvalue weighted by atomic mass is 16.5. The van der Waals surface area contributed by atoms with E-state index < -0.39 is 12.0 Å². The Hall–Kier alpha value is -2.75. The third-order valence-corrected chi connectivity index (χ3v) is 4.66. The second-order valence-corrected chi connectivity index (χ2v) is 6.99. The van der Waals surface area contributed by atoms with Crippen molar-refractivity contribution in [2.45, 2.75) is 32.7 Å². The fraction of sp³-hybridized carbons (Fsp3) is 0.611. The molecule has 0 saturated carbocycles. The number of morpholine rings is 1. The minimum absolute atomic E-state index is 0.0666. The number of carbonyl (C=O) groups is 2. The minimum atomic E-state index is -0.668. The second kappa shape index (κ2) is 8.96. The lowest BCUT2D eigenvalue weighted by molar-refractivity contribution is -0.146. The summed E-state index contributed by atoms with van der Waals surface area (Å²) < 4.78 is 11.8. The molecular weight excluding hydrogens is 364 g/mol. The molecule has 2 aromatic rings. The van der Waals surface area contributed by atoms with Gasteiger partial charge in [-0.05, 0) is 18.1 Å². The van der Waals surface area contributed by atoms with E-state index in [4.69, 9.17) is 9.47 Å².